The summed E-state index contributed by atoms with van der Waals surface area (Å²) >= 11 is 1.32. The molecule has 0 bridgehead atoms. The molecule has 3 aromatic rings. The van der Waals surface area contributed by atoms with Gasteiger partial charge in [0.2, 0.25) is 5.88 Å². The molecule has 176 valence electrons. The molecule has 34 heavy (non-hydrogen) atoms. The molecule has 0 atom stereocenters. The average molecular weight is 498 g/mol. The number of rotatable bonds is 6. The van der Waals surface area contributed by atoms with Gasteiger partial charge in [0.25, 0.3) is 0 Å². The Morgan fingerprint density at radius 2 is 1.32 bits per heavy atom. The summed E-state index contributed by atoms with van der Waals surface area (Å²) in [5.74, 6) is 0.540. The fourth-order valence-electron chi connectivity index (χ4n) is 2.98. The lowest BCUT2D eigenvalue weighted by molar-refractivity contribution is 0.0575. The smallest absolute Gasteiger partial charge is 0.443 e. The SMILES string of the molecule is CC(C)(C)OC(=O)N1C(OP(=O)(Oc2ccccc2)Oc2ccccc2)=CSc2ccccc21. The summed E-state index contributed by atoms with van der Waals surface area (Å²) in [6.45, 7) is 5.30. The summed E-state index contributed by atoms with van der Waals surface area (Å²) in [4.78, 5) is 15.2. The van der Waals surface area contributed by atoms with E-state index < -0.39 is 19.5 Å². The van der Waals surface area contributed by atoms with E-state index in [9.17, 15) is 9.36 Å². The molecule has 0 fully saturated rings. The van der Waals surface area contributed by atoms with E-state index in [0.29, 0.717) is 5.69 Å². The number of hydrogen-bond acceptors (Lipinski definition) is 7. The maximum atomic E-state index is 13.9. The van der Waals surface area contributed by atoms with Crippen LogP contribution in [0.25, 0.3) is 0 Å². The van der Waals surface area contributed by atoms with Gasteiger partial charge in [0.15, 0.2) is 0 Å². The first-order chi connectivity index (χ1) is 16.2. The first kappa shape index (κ1) is 23.8. The summed E-state index contributed by atoms with van der Waals surface area (Å²) in [7, 11) is -4.30. The summed E-state index contributed by atoms with van der Waals surface area (Å²) in [6, 6.07) is 24.4. The molecule has 0 spiro atoms. The van der Waals surface area contributed by atoms with Crippen LogP contribution < -0.4 is 13.9 Å². The monoisotopic (exact) mass is 497 g/mol. The van der Waals surface area contributed by atoms with Gasteiger partial charge < -0.3 is 18.3 Å². The van der Waals surface area contributed by atoms with Crippen molar-refractivity contribution in [2.75, 3.05) is 4.90 Å². The van der Waals surface area contributed by atoms with E-state index >= 15 is 0 Å². The highest BCUT2D eigenvalue weighted by Gasteiger charge is 2.40. The number of thioether (sulfide) groups is 1. The van der Waals surface area contributed by atoms with Crippen molar-refractivity contribution in [1.29, 1.82) is 0 Å². The van der Waals surface area contributed by atoms with Crippen LogP contribution in [-0.4, -0.2) is 11.7 Å². The predicted molar refractivity (Wildman–Crippen MR) is 132 cm³/mol. The number of carbonyl (C=O) groups excluding carboxylic acids is 1. The number of anilines is 1. The van der Waals surface area contributed by atoms with Gasteiger partial charge in [-0.1, -0.05) is 60.3 Å². The molecule has 0 saturated carbocycles. The molecule has 4 rings (SSSR count). The minimum absolute atomic E-state index is 0.0341. The van der Waals surface area contributed by atoms with Crippen molar-refractivity contribution < 1.29 is 27.7 Å². The van der Waals surface area contributed by atoms with Crippen LogP contribution in [0.15, 0.2) is 101 Å². The minimum atomic E-state index is -4.30. The summed E-state index contributed by atoms with van der Waals surface area (Å²) in [6.07, 6.45) is -0.683. The normalized spacial score (nSPS) is 13.4. The van der Waals surface area contributed by atoms with Crippen molar-refractivity contribution in [3.05, 3.63) is 96.2 Å². The first-order valence-corrected chi connectivity index (χ1v) is 12.8. The van der Waals surface area contributed by atoms with E-state index in [1.54, 1.807) is 99.0 Å². The molecular weight excluding hydrogens is 473 g/mol. The first-order valence-electron chi connectivity index (χ1n) is 10.5. The molecule has 1 heterocycles. The highest BCUT2D eigenvalue weighted by Crippen LogP contribution is 2.53. The van der Waals surface area contributed by atoms with Crippen LogP contribution in [0.5, 0.6) is 11.5 Å². The highest BCUT2D eigenvalue weighted by molar-refractivity contribution is 8.02. The molecule has 3 aromatic carbocycles. The number of amides is 1. The standard InChI is InChI=1S/C25H24NO6PS/c1-25(2,3)29-24(27)26-21-16-10-11-17-22(21)34-18-23(26)32-33(28,30-19-12-6-4-7-13-19)31-20-14-8-5-9-15-20/h4-18H,1-3H3. The van der Waals surface area contributed by atoms with Crippen molar-refractivity contribution in [2.24, 2.45) is 0 Å². The van der Waals surface area contributed by atoms with Crippen LogP contribution in [-0.2, 0) is 13.8 Å². The van der Waals surface area contributed by atoms with Crippen LogP contribution in [0.1, 0.15) is 20.8 Å². The van der Waals surface area contributed by atoms with Gasteiger partial charge in [-0.3, -0.25) is 0 Å². The van der Waals surface area contributed by atoms with Crippen LogP contribution in [0.3, 0.4) is 0 Å². The van der Waals surface area contributed by atoms with E-state index in [1.807, 2.05) is 12.1 Å². The zero-order valence-electron chi connectivity index (χ0n) is 18.9. The quantitative estimate of drug-likeness (QED) is 0.324. The minimum Gasteiger partial charge on any atom is -0.443 e. The third-order valence-corrected chi connectivity index (χ3v) is 6.51. The Kier molecular flexibility index (Phi) is 6.91. The largest absolute Gasteiger partial charge is 0.648 e. The lowest BCUT2D eigenvalue weighted by Gasteiger charge is -2.32. The second-order valence-electron chi connectivity index (χ2n) is 8.20. The molecule has 7 nitrogen and oxygen atoms in total. The Morgan fingerprint density at radius 3 is 1.88 bits per heavy atom. The number of para-hydroxylation sites is 3. The van der Waals surface area contributed by atoms with Gasteiger partial charge in [-0.2, -0.15) is 4.57 Å². The molecule has 1 aliphatic heterocycles. The Bertz CT molecular complexity index is 1180. The maximum Gasteiger partial charge on any atom is 0.648 e. The highest BCUT2D eigenvalue weighted by atomic mass is 32.2. The number of carbonyl (C=O) groups is 1. The van der Waals surface area contributed by atoms with E-state index in [-0.39, 0.29) is 17.4 Å². The molecule has 0 aromatic heterocycles. The van der Waals surface area contributed by atoms with Crippen LogP contribution >= 0.6 is 19.6 Å². The summed E-state index contributed by atoms with van der Waals surface area (Å²) in [5.41, 5.74) is -0.225. The van der Waals surface area contributed by atoms with Crippen molar-refractivity contribution in [3.8, 4) is 11.5 Å². The van der Waals surface area contributed by atoms with Gasteiger partial charge in [-0.05, 0) is 57.2 Å². The molecule has 1 aliphatic rings. The molecular formula is C25H24NO6PS. The van der Waals surface area contributed by atoms with Crippen LogP contribution in [0, 0.1) is 0 Å². The zero-order valence-corrected chi connectivity index (χ0v) is 20.6. The molecule has 0 saturated heterocycles. The molecule has 1 amide bonds. The van der Waals surface area contributed by atoms with Crippen molar-refractivity contribution in [3.63, 3.8) is 0 Å². The van der Waals surface area contributed by atoms with Crippen molar-refractivity contribution in [1.82, 2.24) is 0 Å². The van der Waals surface area contributed by atoms with Gasteiger partial charge in [-0.15, -0.1) is 0 Å². The van der Waals surface area contributed by atoms with Gasteiger partial charge in [0.1, 0.15) is 17.1 Å². The molecule has 0 unspecified atom stereocenters. The second-order valence-corrected chi connectivity index (χ2v) is 10.6. The number of phosphoric acid groups is 1. The Morgan fingerprint density at radius 1 is 0.794 bits per heavy atom. The van der Waals surface area contributed by atoms with Crippen molar-refractivity contribution >= 4 is 31.4 Å². The summed E-state index contributed by atoms with van der Waals surface area (Å²) < 4.78 is 36.8. The lowest BCUT2D eigenvalue weighted by atomic mass is 10.2. The fourth-order valence-corrected chi connectivity index (χ4v) is 5.10. The Balaban J connectivity index is 1.70. The van der Waals surface area contributed by atoms with Gasteiger partial charge in [-0.25, -0.2) is 9.69 Å². The average Bonchev–Trinajstić information content (AvgIpc) is 2.78. The molecule has 9 heteroatoms. The number of nitrogens with zero attached hydrogens (tertiary/aromatic N) is 1. The van der Waals surface area contributed by atoms with Gasteiger partial charge in [0, 0.05) is 10.3 Å². The molecule has 0 radical (unpaired) electrons. The van der Waals surface area contributed by atoms with Gasteiger partial charge in [0.05, 0.1) is 5.69 Å². The molecule has 0 N–H and O–H groups in total. The van der Waals surface area contributed by atoms with Crippen molar-refractivity contribution in [2.45, 2.75) is 31.3 Å². The predicted octanol–water partition coefficient (Wildman–Crippen LogP) is 7.62. The number of ether oxygens (including phenoxy) is 1. The Labute approximate surface area is 202 Å². The number of hydrogen-bond donors (Lipinski definition) is 0. The van der Waals surface area contributed by atoms with E-state index in [2.05, 4.69) is 0 Å². The van der Waals surface area contributed by atoms with E-state index in [1.165, 1.54) is 16.7 Å². The van der Waals surface area contributed by atoms with Crippen LogP contribution in [0.2, 0.25) is 0 Å². The van der Waals surface area contributed by atoms with Gasteiger partial charge >= 0.3 is 13.9 Å². The lowest BCUT2D eigenvalue weighted by Crippen LogP contribution is -2.38. The number of fused-ring (bicyclic) bond motifs is 1. The topological polar surface area (TPSA) is 74.3 Å². The van der Waals surface area contributed by atoms with Crippen LogP contribution in [0.4, 0.5) is 10.5 Å². The second kappa shape index (κ2) is 9.87. The maximum absolute atomic E-state index is 13.9. The third kappa shape index (κ3) is 5.95. The fraction of sp³-hybridized carbons (Fsp3) is 0.160. The Hall–Kier alpha value is -3.35. The number of phosphoric ester groups is 1. The molecule has 0 aliphatic carbocycles. The third-order valence-electron chi connectivity index (χ3n) is 4.32. The number of benzene rings is 3. The summed E-state index contributed by atoms with van der Waals surface area (Å²) in [5, 5.41) is 1.57. The van der Waals surface area contributed by atoms with E-state index in [0.717, 1.165) is 4.90 Å². The van der Waals surface area contributed by atoms with E-state index in [4.69, 9.17) is 18.3 Å². The zero-order chi connectivity index (χ0) is 24.2.